The summed E-state index contributed by atoms with van der Waals surface area (Å²) in [5.74, 6) is 1.88. The number of hydrogen-bond donors (Lipinski definition) is 1. The fourth-order valence-corrected chi connectivity index (χ4v) is 5.35. The van der Waals surface area contributed by atoms with Gasteiger partial charge in [-0.15, -0.1) is 0 Å². The van der Waals surface area contributed by atoms with Gasteiger partial charge in [-0.3, -0.25) is 0 Å². The summed E-state index contributed by atoms with van der Waals surface area (Å²) in [6, 6.07) is 5.07. The quantitative estimate of drug-likeness (QED) is 0.858. The van der Waals surface area contributed by atoms with Gasteiger partial charge < -0.3 is 5.32 Å². The second kappa shape index (κ2) is 7.33. The number of hydrogen-bond acceptors (Lipinski definition) is 4. The Bertz CT molecular complexity index is 587. The number of nitrogens with one attached hydrogen (secondary N) is 1. The highest BCUT2D eigenvalue weighted by atomic mass is 35.5. The zero-order valence-electron chi connectivity index (χ0n) is 12.3. The Morgan fingerprint density at radius 2 is 2.24 bits per heavy atom. The van der Waals surface area contributed by atoms with Crippen molar-refractivity contribution in [3.63, 3.8) is 0 Å². The molecule has 7 heteroatoms. The van der Waals surface area contributed by atoms with Crippen molar-refractivity contribution in [3.05, 3.63) is 28.8 Å². The molecule has 1 fully saturated rings. The molecule has 1 aromatic rings. The van der Waals surface area contributed by atoms with Crippen molar-refractivity contribution in [2.45, 2.75) is 30.8 Å². The van der Waals surface area contributed by atoms with Gasteiger partial charge in [0, 0.05) is 30.4 Å². The van der Waals surface area contributed by atoms with Gasteiger partial charge in [-0.25, -0.2) is 8.42 Å². The summed E-state index contributed by atoms with van der Waals surface area (Å²) in [5.41, 5.74) is 0.913. The van der Waals surface area contributed by atoms with Crippen molar-refractivity contribution < 1.29 is 8.42 Å². The molecule has 1 aliphatic rings. The summed E-state index contributed by atoms with van der Waals surface area (Å²) in [4.78, 5) is 0.271. The van der Waals surface area contributed by atoms with E-state index in [0.29, 0.717) is 11.6 Å². The van der Waals surface area contributed by atoms with Crippen LogP contribution in [-0.2, 0) is 16.6 Å². The van der Waals surface area contributed by atoms with Crippen LogP contribution in [0.15, 0.2) is 23.1 Å². The van der Waals surface area contributed by atoms with Gasteiger partial charge in [0.15, 0.2) is 0 Å². The lowest BCUT2D eigenvalue weighted by Crippen LogP contribution is -2.36. The maximum absolute atomic E-state index is 12.6. The topological polar surface area (TPSA) is 49.4 Å². The number of nitrogens with zero attached hydrogens (tertiary/aromatic N) is 1. The summed E-state index contributed by atoms with van der Waals surface area (Å²) in [5, 5.41) is 3.68. The molecule has 0 aromatic heterocycles. The first-order valence-corrected chi connectivity index (χ1v) is 9.99. The molecular weight excluding hydrogens is 328 g/mol. The van der Waals surface area contributed by atoms with Crippen molar-refractivity contribution in [1.29, 1.82) is 0 Å². The largest absolute Gasteiger partial charge is 0.313 e. The SMILES string of the molecule is CCNCc1ccc(S(=O)(=O)N(C)C2CCSC2)cc1Cl. The second-order valence-corrected chi connectivity index (χ2v) is 8.63. The van der Waals surface area contributed by atoms with Crippen molar-refractivity contribution in [2.75, 3.05) is 25.1 Å². The van der Waals surface area contributed by atoms with E-state index in [1.54, 1.807) is 37.0 Å². The molecule has 0 radical (unpaired) electrons. The third-order valence-electron chi connectivity index (χ3n) is 3.69. The molecular formula is C14H21ClN2O2S2. The monoisotopic (exact) mass is 348 g/mol. The summed E-state index contributed by atoms with van der Waals surface area (Å²) >= 11 is 8.00. The number of benzene rings is 1. The molecule has 0 bridgehead atoms. The minimum absolute atomic E-state index is 0.0835. The molecule has 0 aliphatic carbocycles. The fraction of sp³-hybridized carbons (Fsp3) is 0.571. The second-order valence-electron chi connectivity index (χ2n) is 5.07. The van der Waals surface area contributed by atoms with Crippen LogP contribution in [-0.4, -0.2) is 43.9 Å². The summed E-state index contributed by atoms with van der Waals surface area (Å²) in [7, 11) is -1.81. The van der Waals surface area contributed by atoms with Gasteiger partial charge in [-0.1, -0.05) is 24.6 Å². The zero-order valence-corrected chi connectivity index (χ0v) is 14.7. The van der Waals surface area contributed by atoms with Gasteiger partial charge >= 0.3 is 0 Å². The van der Waals surface area contributed by atoms with Gasteiger partial charge in [0.25, 0.3) is 0 Å². The van der Waals surface area contributed by atoms with Gasteiger partial charge in [-0.2, -0.15) is 16.1 Å². The summed E-state index contributed by atoms with van der Waals surface area (Å²) < 4.78 is 26.8. The Hall–Kier alpha value is -0.270. The predicted octanol–water partition coefficient (Wildman–Crippen LogP) is 2.58. The Morgan fingerprint density at radius 1 is 1.48 bits per heavy atom. The van der Waals surface area contributed by atoms with Crippen molar-refractivity contribution in [2.24, 2.45) is 0 Å². The van der Waals surface area contributed by atoms with Crippen molar-refractivity contribution in [3.8, 4) is 0 Å². The first-order chi connectivity index (χ1) is 9.96. The molecule has 0 spiro atoms. The minimum atomic E-state index is -3.47. The third kappa shape index (κ3) is 3.93. The van der Waals surface area contributed by atoms with E-state index in [1.807, 2.05) is 6.92 Å². The number of sulfonamides is 1. The van der Waals surface area contributed by atoms with Crippen molar-refractivity contribution in [1.82, 2.24) is 9.62 Å². The third-order valence-corrected chi connectivity index (χ3v) is 7.09. The molecule has 1 unspecified atom stereocenters. The van der Waals surface area contributed by atoms with E-state index < -0.39 is 10.0 Å². The summed E-state index contributed by atoms with van der Waals surface area (Å²) in [6.07, 6.45) is 0.909. The molecule has 21 heavy (non-hydrogen) atoms. The van der Waals surface area contributed by atoms with Crippen molar-refractivity contribution >= 4 is 33.4 Å². The van der Waals surface area contributed by atoms with E-state index in [1.165, 1.54) is 4.31 Å². The molecule has 118 valence electrons. The maximum Gasteiger partial charge on any atom is 0.243 e. The maximum atomic E-state index is 12.6. The van der Waals surface area contributed by atoms with Crippen LogP contribution < -0.4 is 5.32 Å². The number of thioether (sulfide) groups is 1. The molecule has 1 heterocycles. The Balaban J connectivity index is 2.21. The van der Waals surface area contributed by atoms with Gasteiger partial charge in [0.1, 0.15) is 0 Å². The average molecular weight is 349 g/mol. The van der Waals surface area contributed by atoms with Crippen LogP contribution in [0.1, 0.15) is 18.9 Å². The van der Waals surface area contributed by atoms with Crippen LogP contribution in [0.5, 0.6) is 0 Å². The number of rotatable bonds is 6. The van der Waals surface area contributed by atoms with Crippen LogP contribution in [0.25, 0.3) is 0 Å². The predicted molar refractivity (Wildman–Crippen MR) is 89.5 cm³/mol. The lowest BCUT2D eigenvalue weighted by atomic mass is 10.2. The molecule has 1 saturated heterocycles. The molecule has 1 atom stereocenters. The fourth-order valence-electron chi connectivity index (χ4n) is 2.26. The van der Waals surface area contributed by atoms with Crippen LogP contribution in [0, 0.1) is 0 Å². The Morgan fingerprint density at radius 3 is 2.81 bits per heavy atom. The molecule has 1 aromatic carbocycles. The van der Waals surface area contributed by atoms with E-state index in [0.717, 1.165) is 30.0 Å². The molecule has 4 nitrogen and oxygen atoms in total. The van der Waals surface area contributed by atoms with Crippen LogP contribution >= 0.6 is 23.4 Å². The lowest BCUT2D eigenvalue weighted by Gasteiger charge is -2.23. The average Bonchev–Trinajstić information content (AvgIpc) is 2.99. The normalized spacial score (nSPS) is 19.3. The van der Waals surface area contributed by atoms with Crippen LogP contribution in [0.3, 0.4) is 0 Å². The summed E-state index contributed by atoms with van der Waals surface area (Å²) in [6.45, 7) is 3.50. The van der Waals surface area contributed by atoms with Gasteiger partial charge in [0.05, 0.1) is 4.90 Å². The van der Waals surface area contributed by atoms with Crippen LogP contribution in [0.2, 0.25) is 5.02 Å². The first kappa shape index (κ1) is 17.1. The van der Waals surface area contributed by atoms with E-state index in [2.05, 4.69) is 5.32 Å². The molecule has 1 aliphatic heterocycles. The molecule has 2 rings (SSSR count). The standard InChI is InChI=1S/C14H21ClN2O2S2/c1-3-16-9-11-4-5-13(8-14(11)15)21(18,19)17(2)12-6-7-20-10-12/h4-5,8,12,16H,3,6-7,9-10H2,1-2H3. The Kier molecular flexibility index (Phi) is 5.96. The smallest absolute Gasteiger partial charge is 0.243 e. The highest BCUT2D eigenvalue weighted by Gasteiger charge is 2.30. The zero-order chi connectivity index (χ0) is 15.5. The lowest BCUT2D eigenvalue weighted by molar-refractivity contribution is 0.394. The molecule has 0 amide bonds. The molecule has 0 saturated carbocycles. The van der Waals surface area contributed by atoms with Crippen LogP contribution in [0.4, 0.5) is 0 Å². The Labute approximate surface area is 136 Å². The minimum Gasteiger partial charge on any atom is -0.313 e. The highest BCUT2D eigenvalue weighted by Crippen LogP contribution is 2.28. The highest BCUT2D eigenvalue weighted by molar-refractivity contribution is 7.99. The van der Waals surface area contributed by atoms with E-state index in [9.17, 15) is 8.42 Å². The van der Waals surface area contributed by atoms with Gasteiger partial charge in [-0.05, 0) is 36.4 Å². The van der Waals surface area contributed by atoms with E-state index in [-0.39, 0.29) is 10.9 Å². The van der Waals surface area contributed by atoms with Gasteiger partial charge in [0.2, 0.25) is 10.0 Å². The first-order valence-electron chi connectivity index (χ1n) is 7.01. The number of halogens is 1. The van der Waals surface area contributed by atoms with E-state index >= 15 is 0 Å². The molecule has 1 N–H and O–H groups in total. The van der Waals surface area contributed by atoms with E-state index in [4.69, 9.17) is 11.6 Å².